The molecule has 0 bridgehead atoms. The molecule has 2 fully saturated rings. The third-order valence-corrected chi connectivity index (χ3v) is 4.70. The molecule has 2 heterocycles. The molecule has 1 aromatic carbocycles. The van der Waals surface area contributed by atoms with E-state index in [1.165, 1.54) is 12.8 Å². The van der Waals surface area contributed by atoms with E-state index in [2.05, 4.69) is 0 Å². The predicted molar refractivity (Wildman–Crippen MR) is 85.0 cm³/mol. The lowest BCUT2D eigenvalue weighted by molar-refractivity contribution is -0.135. The van der Waals surface area contributed by atoms with Crippen LogP contribution in [-0.2, 0) is 16.1 Å². The molecular weight excluding hydrogens is 276 g/mol. The Hall–Kier alpha value is -1.84. The lowest BCUT2D eigenvalue weighted by atomic mass is 10.1. The first-order valence-electron chi connectivity index (χ1n) is 8.34. The maximum atomic E-state index is 12.6. The molecule has 2 saturated heterocycles. The highest BCUT2D eigenvalue weighted by atomic mass is 16.2. The second kappa shape index (κ2) is 6.95. The quantitative estimate of drug-likeness (QED) is 0.860. The largest absolute Gasteiger partial charge is 0.342 e. The number of nitrogens with zero attached hydrogens (tertiary/aromatic N) is 2. The van der Waals surface area contributed by atoms with Crippen LogP contribution in [0.25, 0.3) is 0 Å². The Morgan fingerprint density at radius 3 is 2.41 bits per heavy atom. The first kappa shape index (κ1) is 15.1. The van der Waals surface area contributed by atoms with Gasteiger partial charge < -0.3 is 9.80 Å². The highest BCUT2D eigenvalue weighted by molar-refractivity contribution is 5.89. The average molecular weight is 300 g/mol. The van der Waals surface area contributed by atoms with Gasteiger partial charge >= 0.3 is 0 Å². The van der Waals surface area contributed by atoms with Gasteiger partial charge in [0.1, 0.15) is 0 Å². The molecule has 4 heteroatoms. The fourth-order valence-electron chi connectivity index (χ4n) is 3.44. The molecule has 2 amide bonds. The number of hydrogen-bond donors (Lipinski definition) is 0. The SMILES string of the molecule is O=C1CC(C(=O)N2CCCCCC2)CN1Cc1ccccc1. The maximum absolute atomic E-state index is 12.6. The monoisotopic (exact) mass is 300 g/mol. The Kier molecular flexibility index (Phi) is 4.76. The molecule has 22 heavy (non-hydrogen) atoms. The van der Waals surface area contributed by atoms with Crippen molar-refractivity contribution in [1.29, 1.82) is 0 Å². The average Bonchev–Trinajstić information content (AvgIpc) is 2.76. The van der Waals surface area contributed by atoms with E-state index in [9.17, 15) is 9.59 Å². The van der Waals surface area contributed by atoms with Crippen LogP contribution in [0.5, 0.6) is 0 Å². The van der Waals surface area contributed by atoms with Gasteiger partial charge in [0, 0.05) is 32.6 Å². The number of rotatable bonds is 3. The number of carbonyl (C=O) groups excluding carboxylic acids is 2. The van der Waals surface area contributed by atoms with E-state index in [1.54, 1.807) is 0 Å². The summed E-state index contributed by atoms with van der Waals surface area (Å²) in [6, 6.07) is 9.99. The van der Waals surface area contributed by atoms with Gasteiger partial charge in [0.2, 0.25) is 11.8 Å². The summed E-state index contributed by atoms with van der Waals surface area (Å²) in [5.74, 6) is 0.150. The van der Waals surface area contributed by atoms with Crippen LogP contribution in [0.3, 0.4) is 0 Å². The van der Waals surface area contributed by atoms with E-state index < -0.39 is 0 Å². The Morgan fingerprint density at radius 1 is 1.05 bits per heavy atom. The zero-order valence-corrected chi connectivity index (χ0v) is 13.0. The van der Waals surface area contributed by atoms with Crippen LogP contribution in [0.4, 0.5) is 0 Å². The zero-order valence-electron chi connectivity index (χ0n) is 13.0. The van der Waals surface area contributed by atoms with E-state index in [0.717, 1.165) is 31.5 Å². The van der Waals surface area contributed by atoms with Crippen molar-refractivity contribution in [3.05, 3.63) is 35.9 Å². The van der Waals surface area contributed by atoms with Crippen molar-refractivity contribution in [1.82, 2.24) is 9.80 Å². The van der Waals surface area contributed by atoms with Gasteiger partial charge in [-0.05, 0) is 18.4 Å². The minimum atomic E-state index is -0.144. The molecule has 4 nitrogen and oxygen atoms in total. The van der Waals surface area contributed by atoms with E-state index in [-0.39, 0.29) is 17.7 Å². The summed E-state index contributed by atoms with van der Waals surface area (Å²) in [6.07, 6.45) is 5.00. The molecule has 2 aliphatic heterocycles. The molecule has 0 aromatic heterocycles. The van der Waals surface area contributed by atoms with Crippen LogP contribution in [0.15, 0.2) is 30.3 Å². The molecule has 1 atom stereocenters. The third-order valence-electron chi connectivity index (χ3n) is 4.70. The highest BCUT2D eigenvalue weighted by Crippen LogP contribution is 2.23. The Morgan fingerprint density at radius 2 is 1.73 bits per heavy atom. The first-order valence-corrected chi connectivity index (χ1v) is 8.34. The van der Waals surface area contributed by atoms with Gasteiger partial charge in [0.25, 0.3) is 0 Å². The topological polar surface area (TPSA) is 40.6 Å². The summed E-state index contributed by atoms with van der Waals surface area (Å²) >= 11 is 0. The summed E-state index contributed by atoms with van der Waals surface area (Å²) in [5, 5.41) is 0. The fraction of sp³-hybridized carbons (Fsp3) is 0.556. The second-order valence-corrected chi connectivity index (χ2v) is 6.40. The summed E-state index contributed by atoms with van der Waals surface area (Å²) in [5.41, 5.74) is 1.12. The zero-order chi connectivity index (χ0) is 15.4. The van der Waals surface area contributed by atoms with Crippen molar-refractivity contribution in [2.24, 2.45) is 5.92 Å². The number of likely N-dealkylation sites (tertiary alicyclic amines) is 2. The van der Waals surface area contributed by atoms with Crippen LogP contribution in [0.2, 0.25) is 0 Å². The van der Waals surface area contributed by atoms with Gasteiger partial charge in [-0.2, -0.15) is 0 Å². The number of amides is 2. The summed E-state index contributed by atoms with van der Waals surface area (Å²) in [6.45, 7) is 2.91. The van der Waals surface area contributed by atoms with Gasteiger partial charge in [0.15, 0.2) is 0 Å². The summed E-state index contributed by atoms with van der Waals surface area (Å²) in [4.78, 5) is 28.7. The van der Waals surface area contributed by atoms with Gasteiger partial charge in [0.05, 0.1) is 5.92 Å². The number of carbonyl (C=O) groups is 2. The predicted octanol–water partition coefficient (Wildman–Crippen LogP) is 2.44. The molecule has 2 aliphatic rings. The van der Waals surface area contributed by atoms with Gasteiger partial charge in [-0.15, -0.1) is 0 Å². The summed E-state index contributed by atoms with van der Waals surface area (Å²) < 4.78 is 0. The van der Waals surface area contributed by atoms with Crippen molar-refractivity contribution >= 4 is 11.8 Å². The maximum Gasteiger partial charge on any atom is 0.227 e. The van der Waals surface area contributed by atoms with Crippen LogP contribution in [-0.4, -0.2) is 41.2 Å². The molecule has 1 aromatic rings. The van der Waals surface area contributed by atoms with E-state index in [0.29, 0.717) is 19.5 Å². The van der Waals surface area contributed by atoms with E-state index in [1.807, 2.05) is 40.1 Å². The van der Waals surface area contributed by atoms with Gasteiger partial charge in [-0.1, -0.05) is 43.2 Å². The highest BCUT2D eigenvalue weighted by Gasteiger charge is 2.36. The molecule has 3 rings (SSSR count). The van der Waals surface area contributed by atoms with Crippen molar-refractivity contribution < 1.29 is 9.59 Å². The lowest BCUT2D eigenvalue weighted by Gasteiger charge is -2.24. The van der Waals surface area contributed by atoms with E-state index in [4.69, 9.17) is 0 Å². The second-order valence-electron chi connectivity index (χ2n) is 6.40. The lowest BCUT2D eigenvalue weighted by Crippen LogP contribution is -2.38. The van der Waals surface area contributed by atoms with Crippen molar-refractivity contribution in [3.63, 3.8) is 0 Å². The fourth-order valence-corrected chi connectivity index (χ4v) is 3.44. The minimum absolute atomic E-state index is 0.108. The summed E-state index contributed by atoms with van der Waals surface area (Å²) in [7, 11) is 0. The van der Waals surface area contributed by atoms with Crippen molar-refractivity contribution in [3.8, 4) is 0 Å². The Labute approximate surface area is 132 Å². The van der Waals surface area contributed by atoms with Gasteiger partial charge in [-0.25, -0.2) is 0 Å². The van der Waals surface area contributed by atoms with Crippen LogP contribution in [0, 0.1) is 5.92 Å². The standard InChI is InChI=1S/C18H24N2O2/c21-17-12-16(18(22)19-10-6-1-2-7-11-19)14-20(17)13-15-8-4-3-5-9-15/h3-5,8-9,16H,1-2,6-7,10-14H2. The normalized spacial score (nSPS) is 22.7. The molecule has 0 N–H and O–H groups in total. The van der Waals surface area contributed by atoms with E-state index >= 15 is 0 Å². The number of hydrogen-bond acceptors (Lipinski definition) is 2. The third kappa shape index (κ3) is 3.49. The molecule has 0 aliphatic carbocycles. The molecule has 0 spiro atoms. The van der Waals surface area contributed by atoms with Crippen LogP contribution >= 0.6 is 0 Å². The molecular formula is C18H24N2O2. The molecule has 0 saturated carbocycles. The van der Waals surface area contributed by atoms with Crippen LogP contribution in [0.1, 0.15) is 37.7 Å². The van der Waals surface area contributed by atoms with Crippen molar-refractivity contribution in [2.75, 3.05) is 19.6 Å². The van der Waals surface area contributed by atoms with Crippen molar-refractivity contribution in [2.45, 2.75) is 38.6 Å². The Bertz CT molecular complexity index is 521. The Balaban J connectivity index is 1.60. The molecule has 118 valence electrons. The molecule has 1 unspecified atom stereocenters. The van der Waals surface area contributed by atoms with Crippen LogP contribution < -0.4 is 0 Å². The molecule has 0 radical (unpaired) electrons. The first-order chi connectivity index (χ1) is 10.7. The van der Waals surface area contributed by atoms with Gasteiger partial charge in [-0.3, -0.25) is 9.59 Å². The minimum Gasteiger partial charge on any atom is -0.342 e. The number of benzene rings is 1. The smallest absolute Gasteiger partial charge is 0.227 e.